The van der Waals surface area contributed by atoms with E-state index in [-0.39, 0.29) is 0 Å². The molecule has 82 valence electrons. The molecule has 1 saturated heterocycles. The summed E-state index contributed by atoms with van der Waals surface area (Å²) in [5.74, 6) is 0.936. The molecule has 1 aliphatic heterocycles. The molecule has 0 N–H and O–H groups in total. The van der Waals surface area contributed by atoms with Gasteiger partial charge in [-0.3, -0.25) is 0 Å². The van der Waals surface area contributed by atoms with Crippen molar-refractivity contribution in [2.45, 2.75) is 45.6 Å². The van der Waals surface area contributed by atoms with Gasteiger partial charge in [-0.1, -0.05) is 13.0 Å². The lowest BCUT2D eigenvalue weighted by Gasteiger charge is -2.32. The minimum absolute atomic E-state index is 0.592. The molecule has 0 bridgehead atoms. The van der Waals surface area contributed by atoms with Crippen LogP contribution >= 0.6 is 0 Å². The van der Waals surface area contributed by atoms with Crippen molar-refractivity contribution in [1.82, 2.24) is 4.90 Å². The number of ether oxygens (including phenoxy) is 1. The van der Waals surface area contributed by atoms with Crippen LogP contribution in [0.4, 0.5) is 0 Å². The van der Waals surface area contributed by atoms with E-state index in [0.29, 0.717) is 6.04 Å². The highest BCUT2D eigenvalue weighted by Crippen LogP contribution is 2.16. The summed E-state index contributed by atoms with van der Waals surface area (Å²) in [5, 5.41) is 0. The van der Waals surface area contributed by atoms with Crippen molar-refractivity contribution in [3.05, 3.63) is 12.3 Å². The molecule has 0 aromatic carbocycles. The van der Waals surface area contributed by atoms with Crippen LogP contribution in [0.1, 0.15) is 39.5 Å². The Morgan fingerprint density at radius 2 is 2.00 bits per heavy atom. The van der Waals surface area contributed by atoms with Gasteiger partial charge in [0.25, 0.3) is 0 Å². The molecule has 0 aromatic rings. The zero-order valence-electron chi connectivity index (χ0n) is 9.59. The maximum Gasteiger partial charge on any atom is 0.0903 e. The summed E-state index contributed by atoms with van der Waals surface area (Å²) in [5.41, 5.74) is 0. The van der Waals surface area contributed by atoms with Crippen molar-refractivity contribution < 1.29 is 4.74 Å². The molecule has 1 aliphatic rings. The molecular weight excluding hydrogens is 174 g/mol. The predicted octanol–water partition coefficient (Wildman–Crippen LogP) is 2.80. The van der Waals surface area contributed by atoms with E-state index in [1.807, 2.05) is 6.92 Å². The van der Waals surface area contributed by atoms with E-state index in [0.717, 1.165) is 18.8 Å². The normalized spacial score (nSPS) is 20.4. The van der Waals surface area contributed by atoms with Crippen LogP contribution in [0.25, 0.3) is 0 Å². The van der Waals surface area contributed by atoms with Gasteiger partial charge in [0.05, 0.1) is 12.4 Å². The molecule has 1 rings (SSSR count). The minimum Gasteiger partial charge on any atom is -0.499 e. The first kappa shape index (κ1) is 11.6. The van der Waals surface area contributed by atoms with Crippen molar-refractivity contribution in [2.75, 3.05) is 19.7 Å². The SMILES string of the molecule is C=C(CC(C)N1CCCCC1)OCC. The second-order valence-electron chi connectivity index (χ2n) is 4.12. The molecule has 0 amide bonds. The van der Waals surface area contributed by atoms with E-state index in [9.17, 15) is 0 Å². The lowest BCUT2D eigenvalue weighted by molar-refractivity contribution is 0.145. The average Bonchev–Trinajstić information content (AvgIpc) is 2.19. The molecule has 0 radical (unpaired) electrons. The molecule has 0 spiro atoms. The maximum atomic E-state index is 5.38. The van der Waals surface area contributed by atoms with Crippen molar-refractivity contribution in [3.63, 3.8) is 0 Å². The Bertz CT molecular complexity index is 173. The lowest BCUT2D eigenvalue weighted by atomic mass is 10.1. The molecule has 0 aromatic heterocycles. The largest absolute Gasteiger partial charge is 0.499 e. The standard InChI is InChI=1S/C12H23NO/c1-4-14-12(3)10-11(2)13-8-6-5-7-9-13/h11H,3-10H2,1-2H3. The molecule has 2 nitrogen and oxygen atoms in total. The highest BCUT2D eigenvalue weighted by atomic mass is 16.5. The van der Waals surface area contributed by atoms with E-state index in [1.165, 1.54) is 32.4 Å². The van der Waals surface area contributed by atoms with Crippen molar-refractivity contribution in [3.8, 4) is 0 Å². The number of hydrogen-bond donors (Lipinski definition) is 0. The zero-order valence-corrected chi connectivity index (χ0v) is 9.59. The number of rotatable bonds is 5. The van der Waals surface area contributed by atoms with Gasteiger partial charge in [0.15, 0.2) is 0 Å². The van der Waals surface area contributed by atoms with E-state index >= 15 is 0 Å². The van der Waals surface area contributed by atoms with Crippen LogP contribution in [0, 0.1) is 0 Å². The Morgan fingerprint density at radius 1 is 1.36 bits per heavy atom. The third-order valence-electron chi connectivity index (χ3n) is 2.89. The number of hydrogen-bond acceptors (Lipinski definition) is 2. The fourth-order valence-electron chi connectivity index (χ4n) is 2.08. The zero-order chi connectivity index (χ0) is 10.4. The summed E-state index contributed by atoms with van der Waals surface area (Å²) >= 11 is 0. The first-order chi connectivity index (χ1) is 6.74. The molecule has 1 unspecified atom stereocenters. The Hall–Kier alpha value is -0.500. The van der Waals surface area contributed by atoms with E-state index in [2.05, 4.69) is 18.4 Å². The Kier molecular flexibility index (Phi) is 5.02. The molecule has 1 atom stereocenters. The Morgan fingerprint density at radius 3 is 2.57 bits per heavy atom. The summed E-state index contributed by atoms with van der Waals surface area (Å²) < 4.78 is 5.38. The smallest absolute Gasteiger partial charge is 0.0903 e. The predicted molar refractivity (Wildman–Crippen MR) is 60.3 cm³/mol. The number of nitrogens with zero attached hydrogens (tertiary/aromatic N) is 1. The van der Waals surface area contributed by atoms with Crippen LogP contribution in [0.3, 0.4) is 0 Å². The van der Waals surface area contributed by atoms with Gasteiger partial charge in [0, 0.05) is 12.5 Å². The quantitative estimate of drug-likeness (QED) is 0.628. The molecular formula is C12H23NO. The number of piperidine rings is 1. The monoisotopic (exact) mass is 197 g/mol. The number of likely N-dealkylation sites (tertiary alicyclic amines) is 1. The molecule has 14 heavy (non-hydrogen) atoms. The van der Waals surface area contributed by atoms with Crippen molar-refractivity contribution >= 4 is 0 Å². The van der Waals surface area contributed by atoms with Crippen molar-refractivity contribution in [2.24, 2.45) is 0 Å². The Labute approximate surface area is 87.9 Å². The van der Waals surface area contributed by atoms with Gasteiger partial charge in [-0.25, -0.2) is 0 Å². The molecule has 0 saturated carbocycles. The highest BCUT2D eigenvalue weighted by molar-refractivity contribution is 4.88. The first-order valence-corrected chi connectivity index (χ1v) is 5.78. The maximum absolute atomic E-state index is 5.38. The van der Waals surface area contributed by atoms with Gasteiger partial charge < -0.3 is 9.64 Å². The van der Waals surface area contributed by atoms with Crippen LogP contribution in [0.2, 0.25) is 0 Å². The average molecular weight is 197 g/mol. The second kappa shape index (κ2) is 6.07. The van der Waals surface area contributed by atoms with Gasteiger partial charge in [0.1, 0.15) is 0 Å². The summed E-state index contributed by atoms with van der Waals surface area (Å²) in [6, 6.07) is 0.592. The van der Waals surface area contributed by atoms with E-state index in [4.69, 9.17) is 4.74 Å². The van der Waals surface area contributed by atoms with Gasteiger partial charge in [0.2, 0.25) is 0 Å². The Balaban J connectivity index is 2.25. The van der Waals surface area contributed by atoms with Gasteiger partial charge >= 0.3 is 0 Å². The highest BCUT2D eigenvalue weighted by Gasteiger charge is 2.17. The fourth-order valence-corrected chi connectivity index (χ4v) is 2.08. The van der Waals surface area contributed by atoms with Gasteiger partial charge in [-0.15, -0.1) is 0 Å². The van der Waals surface area contributed by atoms with Crippen LogP contribution in [-0.4, -0.2) is 30.6 Å². The summed E-state index contributed by atoms with van der Waals surface area (Å²) in [7, 11) is 0. The van der Waals surface area contributed by atoms with Gasteiger partial charge in [-0.2, -0.15) is 0 Å². The summed E-state index contributed by atoms with van der Waals surface area (Å²) in [4.78, 5) is 2.55. The van der Waals surface area contributed by atoms with Crippen LogP contribution in [0.5, 0.6) is 0 Å². The third-order valence-corrected chi connectivity index (χ3v) is 2.89. The molecule has 2 heteroatoms. The fraction of sp³-hybridized carbons (Fsp3) is 0.833. The summed E-state index contributed by atoms with van der Waals surface area (Å²) in [6.07, 6.45) is 5.08. The molecule has 1 heterocycles. The van der Waals surface area contributed by atoms with Crippen LogP contribution in [0.15, 0.2) is 12.3 Å². The van der Waals surface area contributed by atoms with E-state index in [1.54, 1.807) is 0 Å². The van der Waals surface area contributed by atoms with Crippen LogP contribution < -0.4 is 0 Å². The van der Waals surface area contributed by atoms with E-state index < -0.39 is 0 Å². The summed E-state index contributed by atoms with van der Waals surface area (Å²) in [6.45, 7) is 11.5. The molecule has 0 aliphatic carbocycles. The van der Waals surface area contributed by atoms with Gasteiger partial charge in [-0.05, 0) is 39.8 Å². The second-order valence-corrected chi connectivity index (χ2v) is 4.12. The third kappa shape index (κ3) is 3.70. The lowest BCUT2D eigenvalue weighted by Crippen LogP contribution is -2.37. The minimum atomic E-state index is 0.592. The van der Waals surface area contributed by atoms with Crippen LogP contribution in [-0.2, 0) is 4.74 Å². The topological polar surface area (TPSA) is 12.5 Å². The first-order valence-electron chi connectivity index (χ1n) is 5.78. The van der Waals surface area contributed by atoms with Crippen molar-refractivity contribution in [1.29, 1.82) is 0 Å². The molecule has 1 fully saturated rings.